The molecule has 0 radical (unpaired) electrons. The van der Waals surface area contributed by atoms with Crippen LogP contribution in [0.2, 0.25) is 0 Å². The highest BCUT2D eigenvalue weighted by Crippen LogP contribution is 2.06. The van der Waals surface area contributed by atoms with Gasteiger partial charge in [-0.1, -0.05) is 6.92 Å². The topological polar surface area (TPSA) is 65.4 Å². The number of hydrogen-bond donors (Lipinski definition) is 0. The van der Waals surface area contributed by atoms with Crippen molar-refractivity contribution in [1.82, 2.24) is 9.55 Å². The average Bonchev–Trinajstić information content (AvgIpc) is 2.62. The van der Waals surface area contributed by atoms with E-state index in [1.54, 1.807) is 18.6 Å². The first kappa shape index (κ1) is 10.0. The van der Waals surface area contributed by atoms with Crippen LogP contribution in [0.25, 0.3) is 6.08 Å². The van der Waals surface area contributed by atoms with Crippen molar-refractivity contribution in [3.05, 3.63) is 23.8 Å². The van der Waals surface area contributed by atoms with Crippen molar-refractivity contribution >= 4 is 6.08 Å². The molecule has 0 saturated heterocycles. The molecule has 0 N–H and O–H groups in total. The summed E-state index contributed by atoms with van der Waals surface area (Å²) in [5.74, 6) is 0. The van der Waals surface area contributed by atoms with E-state index in [0.717, 1.165) is 18.7 Å². The molecule has 0 bridgehead atoms. The molecule has 70 valence electrons. The van der Waals surface area contributed by atoms with Gasteiger partial charge in [0.2, 0.25) is 0 Å². The van der Waals surface area contributed by atoms with E-state index in [9.17, 15) is 0 Å². The van der Waals surface area contributed by atoms with E-state index in [-0.39, 0.29) is 5.57 Å². The van der Waals surface area contributed by atoms with Crippen molar-refractivity contribution in [3.63, 3.8) is 0 Å². The number of allylic oxidation sites excluding steroid dienone is 1. The highest BCUT2D eigenvalue weighted by molar-refractivity contribution is 5.59. The second kappa shape index (κ2) is 4.84. The quantitative estimate of drug-likeness (QED) is 0.675. The third-order valence-electron chi connectivity index (χ3n) is 1.74. The zero-order valence-corrected chi connectivity index (χ0v) is 7.94. The molecule has 0 amide bonds. The van der Waals surface area contributed by atoms with E-state index < -0.39 is 0 Å². The summed E-state index contributed by atoms with van der Waals surface area (Å²) in [6.07, 6.45) is 5.88. The Kier molecular flexibility index (Phi) is 3.46. The van der Waals surface area contributed by atoms with Gasteiger partial charge in [0.05, 0.1) is 18.2 Å². The lowest BCUT2D eigenvalue weighted by atomic mass is 10.2. The summed E-state index contributed by atoms with van der Waals surface area (Å²) in [5, 5.41) is 17.2. The van der Waals surface area contributed by atoms with Gasteiger partial charge in [0.1, 0.15) is 17.7 Å². The monoisotopic (exact) mass is 186 g/mol. The summed E-state index contributed by atoms with van der Waals surface area (Å²) < 4.78 is 1.91. The molecule has 0 atom stereocenters. The van der Waals surface area contributed by atoms with Crippen LogP contribution in [0.1, 0.15) is 19.0 Å². The van der Waals surface area contributed by atoms with Gasteiger partial charge in [0.25, 0.3) is 0 Å². The Balaban J connectivity index is 2.98. The predicted octanol–water partition coefficient (Wildman–Crippen LogP) is 1.72. The number of aromatic nitrogens is 2. The fourth-order valence-corrected chi connectivity index (χ4v) is 1.12. The van der Waals surface area contributed by atoms with Crippen LogP contribution < -0.4 is 0 Å². The van der Waals surface area contributed by atoms with Crippen LogP contribution in [-0.4, -0.2) is 9.55 Å². The zero-order valence-electron chi connectivity index (χ0n) is 7.94. The molecular weight excluding hydrogens is 176 g/mol. The highest BCUT2D eigenvalue weighted by Gasteiger charge is 1.99. The van der Waals surface area contributed by atoms with Crippen molar-refractivity contribution in [2.24, 2.45) is 0 Å². The van der Waals surface area contributed by atoms with Gasteiger partial charge >= 0.3 is 0 Å². The van der Waals surface area contributed by atoms with Gasteiger partial charge < -0.3 is 4.57 Å². The van der Waals surface area contributed by atoms with Gasteiger partial charge in [-0.05, 0) is 12.5 Å². The van der Waals surface area contributed by atoms with Crippen LogP contribution in [-0.2, 0) is 6.54 Å². The first-order valence-corrected chi connectivity index (χ1v) is 4.33. The van der Waals surface area contributed by atoms with Crippen LogP contribution in [0.5, 0.6) is 0 Å². The van der Waals surface area contributed by atoms with E-state index in [1.807, 2.05) is 16.7 Å². The molecular formula is C10H10N4. The number of nitriles is 2. The molecule has 0 aromatic carbocycles. The minimum absolute atomic E-state index is 0.0999. The molecule has 1 rings (SSSR count). The van der Waals surface area contributed by atoms with E-state index in [4.69, 9.17) is 10.5 Å². The minimum atomic E-state index is 0.0999. The largest absolute Gasteiger partial charge is 0.331 e. The normalized spacial score (nSPS) is 8.79. The summed E-state index contributed by atoms with van der Waals surface area (Å²) in [7, 11) is 0. The second-order valence-electron chi connectivity index (χ2n) is 2.79. The van der Waals surface area contributed by atoms with Crippen molar-refractivity contribution in [2.45, 2.75) is 19.9 Å². The molecule has 0 saturated carbocycles. The summed E-state index contributed by atoms with van der Waals surface area (Å²) in [6.45, 7) is 2.90. The molecule has 4 nitrogen and oxygen atoms in total. The summed E-state index contributed by atoms with van der Waals surface area (Å²) in [4.78, 5) is 3.96. The van der Waals surface area contributed by atoms with Crippen molar-refractivity contribution in [1.29, 1.82) is 10.5 Å². The smallest absolute Gasteiger partial charge is 0.131 e. The molecule has 0 aliphatic carbocycles. The predicted molar refractivity (Wildman–Crippen MR) is 51.7 cm³/mol. The van der Waals surface area contributed by atoms with Crippen LogP contribution >= 0.6 is 0 Å². The molecule has 1 aromatic heterocycles. The second-order valence-corrected chi connectivity index (χ2v) is 2.79. The SMILES string of the molecule is CCCn1cncc1C=C(C#N)C#N. The lowest BCUT2D eigenvalue weighted by Crippen LogP contribution is -1.97. The minimum Gasteiger partial charge on any atom is -0.331 e. The first-order chi connectivity index (χ1) is 6.81. The van der Waals surface area contributed by atoms with Crippen LogP contribution in [0.15, 0.2) is 18.1 Å². The molecule has 0 unspecified atom stereocenters. The van der Waals surface area contributed by atoms with Gasteiger partial charge in [-0.25, -0.2) is 4.98 Å². The molecule has 14 heavy (non-hydrogen) atoms. The fourth-order valence-electron chi connectivity index (χ4n) is 1.12. The first-order valence-electron chi connectivity index (χ1n) is 4.33. The van der Waals surface area contributed by atoms with Gasteiger partial charge in [-0.15, -0.1) is 0 Å². The number of nitrogens with zero attached hydrogens (tertiary/aromatic N) is 4. The van der Waals surface area contributed by atoms with E-state index >= 15 is 0 Å². The van der Waals surface area contributed by atoms with Gasteiger partial charge in [-0.2, -0.15) is 10.5 Å². The van der Waals surface area contributed by atoms with Gasteiger partial charge in [-0.3, -0.25) is 0 Å². The molecule has 1 aromatic rings. The number of hydrogen-bond acceptors (Lipinski definition) is 3. The number of rotatable bonds is 3. The zero-order chi connectivity index (χ0) is 10.4. The highest BCUT2D eigenvalue weighted by atomic mass is 15.0. The van der Waals surface area contributed by atoms with E-state index in [2.05, 4.69) is 11.9 Å². The summed E-state index contributed by atoms with van der Waals surface area (Å²) in [6, 6.07) is 3.64. The fraction of sp³-hybridized carbons (Fsp3) is 0.300. The Labute approximate surface area is 82.7 Å². The maximum absolute atomic E-state index is 8.58. The number of imidazole rings is 1. The Morgan fingerprint density at radius 2 is 2.29 bits per heavy atom. The van der Waals surface area contributed by atoms with Crippen molar-refractivity contribution < 1.29 is 0 Å². The molecule has 1 heterocycles. The van der Waals surface area contributed by atoms with E-state index in [1.165, 1.54) is 0 Å². The molecule has 0 fully saturated rings. The molecule has 0 aliphatic rings. The van der Waals surface area contributed by atoms with E-state index in [0.29, 0.717) is 0 Å². The Hall–Kier alpha value is -2.07. The molecule has 0 aliphatic heterocycles. The summed E-state index contributed by atoms with van der Waals surface area (Å²) in [5.41, 5.74) is 0.896. The Morgan fingerprint density at radius 1 is 1.57 bits per heavy atom. The van der Waals surface area contributed by atoms with Crippen LogP contribution in [0, 0.1) is 22.7 Å². The standard InChI is InChI=1S/C10H10N4/c1-2-3-14-8-13-7-10(14)4-9(5-11)6-12/h4,7-8H,2-3H2,1H3. The third-order valence-corrected chi connectivity index (χ3v) is 1.74. The third kappa shape index (κ3) is 2.21. The maximum Gasteiger partial charge on any atom is 0.131 e. The van der Waals surface area contributed by atoms with Crippen molar-refractivity contribution in [2.75, 3.05) is 0 Å². The Morgan fingerprint density at radius 3 is 2.86 bits per heavy atom. The lowest BCUT2D eigenvalue weighted by molar-refractivity contribution is 0.673. The Bertz CT molecular complexity index is 398. The summed E-state index contributed by atoms with van der Waals surface area (Å²) >= 11 is 0. The van der Waals surface area contributed by atoms with Crippen molar-refractivity contribution in [3.8, 4) is 12.1 Å². The average molecular weight is 186 g/mol. The molecule has 4 heteroatoms. The van der Waals surface area contributed by atoms with Gasteiger partial charge in [0, 0.05) is 6.54 Å². The van der Waals surface area contributed by atoms with Crippen LogP contribution in [0.3, 0.4) is 0 Å². The number of aryl methyl sites for hydroxylation is 1. The lowest BCUT2D eigenvalue weighted by Gasteiger charge is -2.01. The van der Waals surface area contributed by atoms with Crippen LogP contribution in [0.4, 0.5) is 0 Å². The molecule has 0 spiro atoms. The van der Waals surface area contributed by atoms with Gasteiger partial charge in [0.15, 0.2) is 0 Å². The maximum atomic E-state index is 8.58.